The van der Waals surface area contributed by atoms with Gasteiger partial charge in [0.05, 0.1) is 11.5 Å². The van der Waals surface area contributed by atoms with Gasteiger partial charge in [-0.1, -0.05) is 64.6 Å². The standard InChI is InChI=1S/C37H46O13/c1-19-16-17-36(9,10)34(48-25(7)41)32(47-24(6)40)31(49-35(44)27-14-12-11-13-15-27)21(3)30(46-23(5)39)28-29(45-22(4)38)20(2)18-37(28,33(19)43)50-26(8)42/h11-17,19-20,28-32,34H,3,18H2,1-2,4-10H3/b17-16-/t19-,20-,28+,29-,30-,31-,32+,34+,37+/m0/s1. The zero-order valence-electron chi connectivity index (χ0n) is 29.9. The van der Waals surface area contributed by atoms with Gasteiger partial charge in [0, 0.05) is 57.9 Å². The van der Waals surface area contributed by atoms with Gasteiger partial charge in [0.15, 0.2) is 29.7 Å². The number of hydrogen-bond donors (Lipinski definition) is 0. The summed E-state index contributed by atoms with van der Waals surface area (Å²) < 4.78 is 35.2. The number of hydrogen-bond acceptors (Lipinski definition) is 13. The van der Waals surface area contributed by atoms with Crippen molar-refractivity contribution in [3.8, 4) is 0 Å². The van der Waals surface area contributed by atoms with Crippen molar-refractivity contribution in [1.82, 2.24) is 0 Å². The molecule has 3 rings (SSSR count). The lowest BCUT2D eigenvalue weighted by Gasteiger charge is -2.44. The molecule has 1 aromatic carbocycles. The highest BCUT2D eigenvalue weighted by atomic mass is 16.6. The lowest BCUT2D eigenvalue weighted by Crippen LogP contribution is -2.59. The van der Waals surface area contributed by atoms with Crippen LogP contribution in [0.2, 0.25) is 0 Å². The van der Waals surface area contributed by atoms with Crippen LogP contribution in [-0.4, -0.2) is 77.7 Å². The van der Waals surface area contributed by atoms with Crippen LogP contribution in [0.5, 0.6) is 0 Å². The molecular formula is C37H46O13. The van der Waals surface area contributed by atoms with Gasteiger partial charge in [-0.3, -0.25) is 28.8 Å². The summed E-state index contributed by atoms with van der Waals surface area (Å²) in [4.78, 5) is 92.0. The molecule has 0 radical (unpaired) electrons. The van der Waals surface area contributed by atoms with Crippen LogP contribution in [0.4, 0.5) is 0 Å². The number of carbonyl (C=O) groups is 7. The smallest absolute Gasteiger partial charge is 0.338 e. The maximum Gasteiger partial charge on any atom is 0.338 e. The van der Waals surface area contributed by atoms with Crippen molar-refractivity contribution in [2.45, 2.75) is 105 Å². The van der Waals surface area contributed by atoms with Crippen molar-refractivity contribution in [1.29, 1.82) is 0 Å². The Bertz CT molecular complexity index is 1540. The quantitative estimate of drug-likeness (QED) is 0.225. The molecule has 1 aromatic rings. The second-order valence-corrected chi connectivity index (χ2v) is 13.5. The summed E-state index contributed by atoms with van der Waals surface area (Å²) >= 11 is 0. The Kier molecular flexibility index (Phi) is 12.5. The Morgan fingerprint density at radius 3 is 1.78 bits per heavy atom. The average molecular weight is 699 g/mol. The molecular weight excluding hydrogens is 652 g/mol. The van der Waals surface area contributed by atoms with Crippen LogP contribution in [-0.2, 0) is 57.2 Å². The van der Waals surface area contributed by atoms with Crippen LogP contribution in [0.15, 0.2) is 54.6 Å². The van der Waals surface area contributed by atoms with E-state index in [4.69, 9.17) is 28.4 Å². The molecule has 0 aliphatic heterocycles. The Balaban J connectivity index is 2.50. The van der Waals surface area contributed by atoms with Crippen molar-refractivity contribution in [3.63, 3.8) is 0 Å². The van der Waals surface area contributed by atoms with E-state index in [0.717, 1.165) is 34.6 Å². The van der Waals surface area contributed by atoms with E-state index >= 15 is 0 Å². The van der Waals surface area contributed by atoms with Gasteiger partial charge in [0.2, 0.25) is 0 Å². The molecule has 0 aromatic heterocycles. The molecule has 0 bridgehead atoms. The number of esters is 6. The van der Waals surface area contributed by atoms with Gasteiger partial charge in [-0.25, -0.2) is 4.79 Å². The average Bonchev–Trinajstić information content (AvgIpc) is 3.27. The fourth-order valence-electron chi connectivity index (χ4n) is 6.92. The van der Waals surface area contributed by atoms with E-state index in [2.05, 4.69) is 6.58 Å². The van der Waals surface area contributed by atoms with Crippen molar-refractivity contribution in [2.75, 3.05) is 0 Å². The number of fused-ring (bicyclic) bond motifs is 1. The number of rotatable bonds is 7. The third kappa shape index (κ3) is 8.85. The fourth-order valence-corrected chi connectivity index (χ4v) is 6.92. The Morgan fingerprint density at radius 2 is 1.26 bits per heavy atom. The van der Waals surface area contributed by atoms with Gasteiger partial charge < -0.3 is 28.4 Å². The molecule has 9 atom stereocenters. The zero-order valence-corrected chi connectivity index (χ0v) is 29.9. The van der Waals surface area contributed by atoms with E-state index in [0.29, 0.717) is 0 Å². The first-order valence-corrected chi connectivity index (χ1v) is 16.3. The van der Waals surface area contributed by atoms with E-state index in [-0.39, 0.29) is 17.6 Å². The normalized spacial score (nSPS) is 31.4. The van der Waals surface area contributed by atoms with Crippen LogP contribution in [0.25, 0.3) is 0 Å². The number of ether oxygens (including phenoxy) is 6. The first-order chi connectivity index (χ1) is 23.2. The van der Waals surface area contributed by atoms with E-state index in [9.17, 15) is 33.6 Å². The van der Waals surface area contributed by atoms with E-state index in [1.54, 1.807) is 52.0 Å². The Labute approximate surface area is 291 Å². The number of allylic oxidation sites excluding steroid dienone is 1. The van der Waals surface area contributed by atoms with Crippen LogP contribution < -0.4 is 0 Å². The second-order valence-electron chi connectivity index (χ2n) is 13.5. The summed E-state index contributed by atoms with van der Waals surface area (Å²) in [6.45, 7) is 16.3. The largest absolute Gasteiger partial charge is 0.462 e. The minimum atomic E-state index is -2.05. The third-order valence-electron chi connectivity index (χ3n) is 8.87. The predicted octanol–water partition coefficient (Wildman–Crippen LogP) is 4.25. The summed E-state index contributed by atoms with van der Waals surface area (Å²) in [6, 6.07) is 7.82. The monoisotopic (exact) mass is 698 g/mol. The molecule has 0 spiro atoms. The summed E-state index contributed by atoms with van der Waals surface area (Å²) in [5.74, 6) is -8.62. The number of carbonyl (C=O) groups excluding carboxylic acids is 7. The molecule has 0 unspecified atom stereocenters. The van der Waals surface area contributed by atoms with Crippen molar-refractivity contribution in [3.05, 3.63) is 60.2 Å². The Hall–Kier alpha value is -4.81. The molecule has 50 heavy (non-hydrogen) atoms. The molecule has 0 heterocycles. The molecule has 0 N–H and O–H groups in total. The minimum Gasteiger partial charge on any atom is -0.462 e. The lowest BCUT2D eigenvalue weighted by atomic mass is 9.72. The highest BCUT2D eigenvalue weighted by Gasteiger charge is 2.66. The Morgan fingerprint density at radius 1 is 0.720 bits per heavy atom. The van der Waals surface area contributed by atoms with Gasteiger partial charge in [0.1, 0.15) is 12.2 Å². The summed E-state index contributed by atoms with van der Waals surface area (Å²) in [6.07, 6.45) is -4.63. The predicted molar refractivity (Wildman–Crippen MR) is 176 cm³/mol. The number of ketones is 1. The second kappa shape index (κ2) is 15.8. The fraction of sp³-hybridized carbons (Fsp3) is 0.541. The van der Waals surface area contributed by atoms with Gasteiger partial charge in [0.25, 0.3) is 0 Å². The van der Waals surface area contributed by atoms with Crippen LogP contribution in [0.1, 0.15) is 79.1 Å². The van der Waals surface area contributed by atoms with Gasteiger partial charge in [-0.2, -0.15) is 0 Å². The zero-order chi connectivity index (χ0) is 37.7. The first kappa shape index (κ1) is 39.6. The van der Waals surface area contributed by atoms with Crippen LogP contribution in [0, 0.1) is 23.2 Å². The summed E-state index contributed by atoms with van der Waals surface area (Å²) in [7, 11) is 0. The van der Waals surface area contributed by atoms with E-state index in [1.807, 2.05) is 0 Å². The molecule has 1 saturated carbocycles. The number of benzene rings is 1. The van der Waals surface area contributed by atoms with Gasteiger partial charge in [-0.05, 0) is 18.1 Å². The third-order valence-corrected chi connectivity index (χ3v) is 8.87. The maximum absolute atomic E-state index is 14.7. The molecule has 272 valence electrons. The SMILES string of the molecule is C=C1[C@H](OC(=O)c2ccccc2)[C@@H](OC(C)=O)[C@@H](OC(C)=O)C(C)(C)/C=C\[C@H](C)C(=O)[C@@]2(OC(C)=O)C[C@H](C)[C@H](OC(C)=O)[C@@H]2[C@H]1OC(C)=O. The topological polar surface area (TPSA) is 175 Å². The molecule has 13 nitrogen and oxygen atoms in total. The molecule has 2 aliphatic rings. The summed E-state index contributed by atoms with van der Waals surface area (Å²) in [5, 5.41) is 0. The van der Waals surface area contributed by atoms with Crippen molar-refractivity contribution < 1.29 is 62.0 Å². The number of Topliss-reactive ketones (excluding diaryl/α,β-unsaturated/α-hetero) is 1. The van der Waals surface area contributed by atoms with E-state index in [1.165, 1.54) is 18.2 Å². The maximum atomic E-state index is 14.7. The highest BCUT2D eigenvalue weighted by Crippen LogP contribution is 2.51. The first-order valence-electron chi connectivity index (χ1n) is 16.3. The van der Waals surface area contributed by atoms with Gasteiger partial charge in [-0.15, -0.1) is 0 Å². The molecule has 0 amide bonds. The van der Waals surface area contributed by atoms with Gasteiger partial charge >= 0.3 is 35.8 Å². The highest BCUT2D eigenvalue weighted by molar-refractivity contribution is 5.94. The van der Waals surface area contributed by atoms with Crippen LogP contribution >= 0.6 is 0 Å². The summed E-state index contributed by atoms with van der Waals surface area (Å²) in [5.41, 5.74) is -3.43. The lowest BCUT2D eigenvalue weighted by molar-refractivity contribution is -0.190. The van der Waals surface area contributed by atoms with Crippen LogP contribution in [0.3, 0.4) is 0 Å². The van der Waals surface area contributed by atoms with Crippen molar-refractivity contribution in [2.24, 2.45) is 23.2 Å². The minimum absolute atomic E-state index is 0.0887. The van der Waals surface area contributed by atoms with Crippen molar-refractivity contribution >= 4 is 41.6 Å². The molecule has 0 saturated heterocycles. The van der Waals surface area contributed by atoms with E-state index < -0.39 is 101 Å². The molecule has 1 fully saturated rings. The molecule has 2 aliphatic carbocycles. The molecule has 13 heteroatoms.